The lowest BCUT2D eigenvalue weighted by Crippen LogP contribution is -2.45. The van der Waals surface area contributed by atoms with Crippen LogP contribution in [0.4, 0.5) is 5.69 Å². The van der Waals surface area contributed by atoms with Gasteiger partial charge in [-0.2, -0.15) is 0 Å². The number of hydrogen-bond acceptors (Lipinski definition) is 4. The van der Waals surface area contributed by atoms with Crippen LogP contribution < -0.4 is 4.90 Å². The first-order valence-electron chi connectivity index (χ1n) is 13.3. The van der Waals surface area contributed by atoms with Gasteiger partial charge in [-0.3, -0.25) is 9.59 Å². The fourth-order valence-electron chi connectivity index (χ4n) is 5.66. The second kappa shape index (κ2) is 10.9. The van der Waals surface area contributed by atoms with Crippen molar-refractivity contribution in [3.05, 3.63) is 76.8 Å². The number of carboxylic acids is 1. The van der Waals surface area contributed by atoms with E-state index in [1.165, 1.54) is 16.7 Å². The van der Waals surface area contributed by atoms with E-state index in [0.29, 0.717) is 31.0 Å². The van der Waals surface area contributed by atoms with Crippen LogP contribution in [-0.4, -0.2) is 52.2 Å². The van der Waals surface area contributed by atoms with Gasteiger partial charge in [0, 0.05) is 30.2 Å². The van der Waals surface area contributed by atoms with Gasteiger partial charge < -0.3 is 14.9 Å². The Hall–Kier alpha value is -3.03. The van der Waals surface area contributed by atoms with Crippen LogP contribution in [0.25, 0.3) is 10.8 Å². The molecule has 6 nitrogen and oxygen atoms in total. The third-order valence-electron chi connectivity index (χ3n) is 7.36. The molecule has 2 aliphatic rings. The summed E-state index contributed by atoms with van der Waals surface area (Å²) in [6.07, 6.45) is 1.02. The molecular formula is C31H33ClN2O4S. The lowest BCUT2D eigenvalue weighted by Gasteiger charge is -2.32. The van der Waals surface area contributed by atoms with E-state index >= 15 is 0 Å². The predicted octanol–water partition coefficient (Wildman–Crippen LogP) is 6.54. The minimum atomic E-state index is -0.995. The van der Waals surface area contributed by atoms with Crippen molar-refractivity contribution in [2.24, 2.45) is 5.41 Å². The van der Waals surface area contributed by atoms with Gasteiger partial charge in [0.25, 0.3) is 0 Å². The zero-order valence-electron chi connectivity index (χ0n) is 22.4. The predicted molar refractivity (Wildman–Crippen MR) is 157 cm³/mol. The first-order chi connectivity index (χ1) is 18.5. The molecule has 0 bridgehead atoms. The monoisotopic (exact) mass is 564 g/mol. The van der Waals surface area contributed by atoms with Gasteiger partial charge in [-0.1, -0.05) is 74.8 Å². The number of likely N-dealkylation sites (tertiary alicyclic amines) is 1. The van der Waals surface area contributed by atoms with E-state index in [0.717, 1.165) is 27.6 Å². The number of carboxylic acid groups (broad SMARTS) is 1. The highest BCUT2D eigenvalue weighted by molar-refractivity contribution is 8.01. The molecule has 2 heterocycles. The second-order valence-corrected chi connectivity index (χ2v) is 13.3. The maximum Gasteiger partial charge on any atom is 0.326 e. The number of fused-ring (bicyclic) bond motifs is 2. The normalized spacial score (nSPS) is 21.6. The van der Waals surface area contributed by atoms with Crippen molar-refractivity contribution in [1.29, 1.82) is 0 Å². The van der Waals surface area contributed by atoms with Crippen molar-refractivity contribution < 1.29 is 19.5 Å². The molecule has 8 heteroatoms. The Balaban J connectivity index is 1.63. The molecule has 3 atom stereocenters. The number of amides is 2. The summed E-state index contributed by atoms with van der Waals surface area (Å²) < 4.78 is 0. The standard InChI is InChI=1S/C31H33ClN2O4S/c1-31(2,3)18-34-24-14-13-20(32)16-23(24)28(22-11-6-9-19-8-4-5-10-21(19)22)39-26(29(34)36)17-27(35)33-15-7-12-25(33)30(37)38/h4-6,8-11,13-14,16,25-26,28H,7,12,15,17-18H2,1-3H3,(H,37,38)/t25-,26?,28?/m0/s1. The van der Waals surface area contributed by atoms with Crippen LogP contribution in [0.2, 0.25) is 5.02 Å². The van der Waals surface area contributed by atoms with Crippen molar-refractivity contribution in [2.45, 2.75) is 56.6 Å². The molecule has 0 saturated carbocycles. The van der Waals surface area contributed by atoms with Gasteiger partial charge in [0.05, 0.1) is 10.5 Å². The molecule has 2 unspecified atom stereocenters. The van der Waals surface area contributed by atoms with E-state index in [1.807, 2.05) is 30.3 Å². The number of carbonyl (C=O) groups is 3. The molecule has 2 aliphatic heterocycles. The summed E-state index contributed by atoms with van der Waals surface area (Å²) in [6.45, 7) is 7.11. The number of carbonyl (C=O) groups excluding carboxylic acids is 2. The lowest BCUT2D eigenvalue weighted by molar-refractivity contribution is -0.148. The summed E-state index contributed by atoms with van der Waals surface area (Å²) in [5.41, 5.74) is 2.58. The van der Waals surface area contributed by atoms with E-state index in [9.17, 15) is 19.5 Å². The second-order valence-electron chi connectivity index (χ2n) is 11.5. The zero-order valence-corrected chi connectivity index (χ0v) is 24.0. The topological polar surface area (TPSA) is 77.9 Å². The summed E-state index contributed by atoms with van der Waals surface area (Å²) in [5.74, 6) is -1.42. The van der Waals surface area contributed by atoms with Gasteiger partial charge in [0.15, 0.2) is 0 Å². The number of aliphatic carboxylic acids is 1. The minimum absolute atomic E-state index is 0.0586. The molecule has 1 N–H and O–H groups in total. The minimum Gasteiger partial charge on any atom is -0.480 e. The molecule has 1 saturated heterocycles. The Morgan fingerprint density at radius 2 is 1.79 bits per heavy atom. The lowest BCUT2D eigenvalue weighted by atomic mass is 9.93. The van der Waals surface area contributed by atoms with Crippen LogP contribution >= 0.6 is 23.4 Å². The molecule has 5 rings (SSSR count). The van der Waals surface area contributed by atoms with Crippen molar-refractivity contribution in [2.75, 3.05) is 18.0 Å². The fraction of sp³-hybridized carbons (Fsp3) is 0.387. The van der Waals surface area contributed by atoms with Crippen molar-refractivity contribution in [1.82, 2.24) is 4.90 Å². The van der Waals surface area contributed by atoms with E-state index in [1.54, 1.807) is 11.0 Å². The Morgan fingerprint density at radius 1 is 1.05 bits per heavy atom. The van der Waals surface area contributed by atoms with Gasteiger partial charge in [0.2, 0.25) is 11.8 Å². The molecule has 3 aromatic carbocycles. The van der Waals surface area contributed by atoms with E-state index < -0.39 is 17.3 Å². The molecule has 2 amide bonds. The van der Waals surface area contributed by atoms with Crippen LogP contribution in [0.1, 0.15) is 56.4 Å². The average molecular weight is 565 g/mol. The molecule has 0 spiro atoms. The van der Waals surface area contributed by atoms with Gasteiger partial charge in [0.1, 0.15) is 6.04 Å². The summed E-state index contributed by atoms with van der Waals surface area (Å²) in [7, 11) is 0. The molecule has 0 radical (unpaired) electrons. The van der Waals surface area contributed by atoms with E-state index in [2.05, 4.69) is 45.0 Å². The number of benzene rings is 3. The van der Waals surface area contributed by atoms with Gasteiger partial charge in [-0.05, 0) is 58.4 Å². The number of nitrogens with zero attached hydrogens (tertiary/aromatic N) is 2. The Morgan fingerprint density at radius 3 is 2.54 bits per heavy atom. The van der Waals surface area contributed by atoms with Crippen LogP contribution in [0, 0.1) is 5.41 Å². The van der Waals surface area contributed by atoms with Crippen LogP contribution in [0.15, 0.2) is 60.7 Å². The van der Waals surface area contributed by atoms with Gasteiger partial charge in [-0.15, -0.1) is 11.8 Å². The molecule has 39 heavy (non-hydrogen) atoms. The third-order valence-corrected chi connectivity index (χ3v) is 9.07. The molecule has 1 fully saturated rings. The number of halogens is 1. The van der Waals surface area contributed by atoms with Crippen molar-refractivity contribution in [3.8, 4) is 0 Å². The van der Waals surface area contributed by atoms with E-state index in [-0.39, 0.29) is 28.9 Å². The first kappa shape index (κ1) is 27.5. The quantitative estimate of drug-likeness (QED) is 0.380. The van der Waals surface area contributed by atoms with Gasteiger partial charge in [-0.25, -0.2) is 4.79 Å². The summed E-state index contributed by atoms with van der Waals surface area (Å²) in [4.78, 5) is 42.8. The summed E-state index contributed by atoms with van der Waals surface area (Å²) in [5, 5.41) is 11.5. The van der Waals surface area contributed by atoms with Crippen molar-refractivity contribution >= 4 is 57.6 Å². The van der Waals surface area contributed by atoms with E-state index in [4.69, 9.17) is 11.6 Å². The summed E-state index contributed by atoms with van der Waals surface area (Å²) >= 11 is 8.00. The highest BCUT2D eigenvalue weighted by atomic mass is 35.5. The maximum absolute atomic E-state index is 14.3. The maximum atomic E-state index is 14.3. The average Bonchev–Trinajstić information content (AvgIpc) is 3.36. The van der Waals surface area contributed by atoms with Crippen LogP contribution in [-0.2, 0) is 14.4 Å². The molecular weight excluding hydrogens is 532 g/mol. The highest BCUT2D eigenvalue weighted by Gasteiger charge is 2.41. The fourth-order valence-corrected chi connectivity index (χ4v) is 7.34. The molecule has 3 aromatic rings. The number of rotatable bonds is 5. The largest absolute Gasteiger partial charge is 0.480 e. The molecule has 0 aromatic heterocycles. The molecule has 0 aliphatic carbocycles. The highest BCUT2D eigenvalue weighted by Crippen LogP contribution is 2.49. The number of thioether (sulfide) groups is 1. The Kier molecular flexibility index (Phi) is 7.66. The smallest absolute Gasteiger partial charge is 0.326 e. The third kappa shape index (κ3) is 5.66. The summed E-state index contributed by atoms with van der Waals surface area (Å²) in [6, 6.07) is 19.1. The van der Waals surface area contributed by atoms with Crippen LogP contribution in [0.5, 0.6) is 0 Å². The number of anilines is 1. The van der Waals surface area contributed by atoms with Crippen LogP contribution in [0.3, 0.4) is 0 Å². The first-order valence-corrected chi connectivity index (χ1v) is 14.6. The SMILES string of the molecule is CC(C)(C)CN1C(=O)C(CC(=O)N2CCC[C@H]2C(=O)O)SC(c2cccc3ccccc23)c2cc(Cl)ccc21. The Labute approximate surface area is 238 Å². The zero-order chi connectivity index (χ0) is 27.9. The number of hydrogen-bond donors (Lipinski definition) is 1. The van der Waals surface area contributed by atoms with Gasteiger partial charge >= 0.3 is 5.97 Å². The van der Waals surface area contributed by atoms with Crippen molar-refractivity contribution in [3.63, 3.8) is 0 Å². The Bertz CT molecular complexity index is 1430. The molecule has 204 valence electrons.